The van der Waals surface area contributed by atoms with Crippen LogP contribution in [-0.2, 0) is 9.59 Å². The average Bonchev–Trinajstić information content (AvgIpc) is 2.27. The first kappa shape index (κ1) is 12.7. The van der Waals surface area contributed by atoms with Crippen LogP contribution in [0.15, 0.2) is 12.4 Å². The van der Waals surface area contributed by atoms with Gasteiger partial charge in [-0.1, -0.05) is 0 Å². The van der Waals surface area contributed by atoms with E-state index in [4.69, 9.17) is 11.5 Å². The molecule has 0 saturated carbocycles. The molecule has 5 N–H and O–H groups in total. The van der Waals surface area contributed by atoms with Gasteiger partial charge in [-0.2, -0.15) is 0 Å². The Morgan fingerprint density at radius 2 is 1.88 bits per heavy atom. The van der Waals surface area contributed by atoms with Crippen molar-refractivity contribution in [3.63, 3.8) is 0 Å². The Bertz CT molecular complexity index is 406. The minimum atomic E-state index is -0.581. The molecule has 1 aromatic rings. The quantitative estimate of drug-likeness (QED) is 0.541. The number of anilines is 2. The highest BCUT2D eigenvalue weighted by Crippen LogP contribution is 2.11. The molecule has 1 rings (SSSR count). The van der Waals surface area contributed by atoms with Gasteiger partial charge in [0.25, 0.3) is 0 Å². The molecule has 8 nitrogen and oxygen atoms in total. The first-order valence-electron chi connectivity index (χ1n) is 4.84. The van der Waals surface area contributed by atoms with Crippen molar-refractivity contribution >= 4 is 23.5 Å². The van der Waals surface area contributed by atoms with E-state index in [1.165, 1.54) is 17.3 Å². The molecule has 0 saturated heterocycles. The zero-order chi connectivity index (χ0) is 12.8. The maximum absolute atomic E-state index is 10.9. The minimum absolute atomic E-state index is 0.148. The Balaban J connectivity index is 2.94. The van der Waals surface area contributed by atoms with Crippen molar-refractivity contribution in [3.8, 4) is 0 Å². The van der Waals surface area contributed by atoms with Gasteiger partial charge in [0, 0.05) is 7.05 Å². The van der Waals surface area contributed by atoms with Crippen LogP contribution in [0, 0.1) is 0 Å². The third-order valence-electron chi connectivity index (χ3n) is 1.90. The number of hydrogen-bond acceptors (Lipinski definition) is 6. The molecule has 0 spiro atoms. The lowest BCUT2D eigenvalue weighted by atomic mass is 10.4. The predicted molar refractivity (Wildman–Crippen MR) is 62.2 cm³/mol. The number of rotatable bonds is 6. The molecule has 2 amide bonds. The topological polar surface area (TPSA) is 127 Å². The Hall–Kier alpha value is -2.38. The second-order valence-corrected chi connectivity index (χ2v) is 3.30. The molecule has 0 fully saturated rings. The fourth-order valence-corrected chi connectivity index (χ4v) is 1.22. The first-order valence-corrected chi connectivity index (χ1v) is 4.84. The highest BCUT2D eigenvalue weighted by molar-refractivity contribution is 5.84. The molecule has 17 heavy (non-hydrogen) atoms. The Morgan fingerprint density at radius 1 is 1.29 bits per heavy atom. The van der Waals surface area contributed by atoms with Crippen molar-refractivity contribution in [1.82, 2.24) is 9.97 Å². The number of primary amides is 2. The number of nitrogens with two attached hydrogens (primary N) is 2. The molecule has 0 aromatic carbocycles. The fraction of sp³-hybridized carbons (Fsp3) is 0.333. The van der Waals surface area contributed by atoms with Crippen LogP contribution in [0.4, 0.5) is 11.6 Å². The smallest absolute Gasteiger partial charge is 0.237 e. The van der Waals surface area contributed by atoms with E-state index in [9.17, 15) is 9.59 Å². The third kappa shape index (κ3) is 3.93. The van der Waals surface area contributed by atoms with E-state index in [2.05, 4.69) is 15.3 Å². The summed E-state index contributed by atoms with van der Waals surface area (Å²) < 4.78 is 0. The highest BCUT2D eigenvalue weighted by atomic mass is 16.2. The first-order chi connectivity index (χ1) is 8.02. The number of carbonyl (C=O) groups is 2. The van der Waals surface area contributed by atoms with Gasteiger partial charge in [0.15, 0.2) is 0 Å². The van der Waals surface area contributed by atoms with Crippen LogP contribution in [0.3, 0.4) is 0 Å². The van der Waals surface area contributed by atoms with Crippen LogP contribution in [-0.4, -0.2) is 41.9 Å². The van der Waals surface area contributed by atoms with Crippen LogP contribution < -0.4 is 21.7 Å². The average molecular weight is 238 g/mol. The summed E-state index contributed by atoms with van der Waals surface area (Å²) in [5.41, 5.74) is 10.2. The molecule has 1 heterocycles. The molecule has 0 aliphatic heterocycles. The SMILES string of the molecule is CNc1cncc(N(CC(N)=O)CC(N)=O)n1. The molecule has 0 aliphatic rings. The number of aromatic nitrogens is 2. The summed E-state index contributed by atoms with van der Waals surface area (Å²) in [5, 5.41) is 2.80. The summed E-state index contributed by atoms with van der Waals surface area (Å²) >= 11 is 0. The van der Waals surface area contributed by atoms with Gasteiger partial charge in [0.1, 0.15) is 11.6 Å². The lowest BCUT2D eigenvalue weighted by Crippen LogP contribution is -2.40. The van der Waals surface area contributed by atoms with Crippen LogP contribution in [0.1, 0.15) is 0 Å². The van der Waals surface area contributed by atoms with E-state index in [1.54, 1.807) is 7.05 Å². The maximum atomic E-state index is 10.9. The van der Waals surface area contributed by atoms with Crippen molar-refractivity contribution in [1.29, 1.82) is 0 Å². The zero-order valence-corrected chi connectivity index (χ0v) is 9.38. The van der Waals surface area contributed by atoms with Gasteiger partial charge < -0.3 is 21.7 Å². The van der Waals surface area contributed by atoms with Gasteiger partial charge in [-0.05, 0) is 0 Å². The van der Waals surface area contributed by atoms with Crippen molar-refractivity contribution in [2.75, 3.05) is 30.4 Å². The van der Waals surface area contributed by atoms with Gasteiger partial charge in [-0.15, -0.1) is 0 Å². The summed E-state index contributed by atoms with van der Waals surface area (Å²) in [6, 6.07) is 0. The minimum Gasteiger partial charge on any atom is -0.372 e. The van der Waals surface area contributed by atoms with E-state index in [1.807, 2.05) is 0 Å². The normalized spacial score (nSPS) is 9.71. The van der Waals surface area contributed by atoms with Crippen LogP contribution >= 0.6 is 0 Å². The molecular formula is C9H14N6O2. The largest absolute Gasteiger partial charge is 0.372 e. The highest BCUT2D eigenvalue weighted by Gasteiger charge is 2.14. The standard InChI is InChI=1S/C9H14N6O2/c1-12-8-2-13-3-9(14-8)15(4-6(10)16)5-7(11)17/h2-3H,4-5H2,1H3,(H2,10,16)(H2,11,17)(H,12,14). The molecule has 1 aromatic heterocycles. The molecule has 0 atom stereocenters. The van der Waals surface area contributed by atoms with Gasteiger partial charge in [-0.25, -0.2) is 4.98 Å². The van der Waals surface area contributed by atoms with Crippen molar-refractivity contribution < 1.29 is 9.59 Å². The fourth-order valence-electron chi connectivity index (χ4n) is 1.22. The Morgan fingerprint density at radius 3 is 2.35 bits per heavy atom. The molecule has 0 radical (unpaired) electrons. The summed E-state index contributed by atoms with van der Waals surface area (Å²) in [7, 11) is 1.68. The summed E-state index contributed by atoms with van der Waals surface area (Å²) in [6.07, 6.45) is 2.93. The number of nitrogens with zero attached hydrogens (tertiary/aromatic N) is 3. The number of carbonyl (C=O) groups excluding carboxylic acids is 2. The van der Waals surface area contributed by atoms with Crippen molar-refractivity contribution in [2.45, 2.75) is 0 Å². The summed E-state index contributed by atoms with van der Waals surface area (Å²) in [4.78, 5) is 31.2. The molecular weight excluding hydrogens is 224 g/mol. The second kappa shape index (κ2) is 5.64. The van der Waals surface area contributed by atoms with Gasteiger partial charge in [0.2, 0.25) is 11.8 Å². The van der Waals surface area contributed by atoms with Crippen LogP contribution in [0.2, 0.25) is 0 Å². The summed E-state index contributed by atoms with van der Waals surface area (Å²) in [5.74, 6) is -0.290. The van der Waals surface area contributed by atoms with E-state index >= 15 is 0 Å². The lowest BCUT2D eigenvalue weighted by Gasteiger charge is -2.20. The van der Waals surface area contributed by atoms with Gasteiger partial charge >= 0.3 is 0 Å². The van der Waals surface area contributed by atoms with Crippen LogP contribution in [0.25, 0.3) is 0 Å². The molecule has 0 unspecified atom stereocenters. The predicted octanol–water partition coefficient (Wildman–Crippen LogP) is -1.70. The molecule has 0 aliphatic carbocycles. The summed E-state index contributed by atoms with van der Waals surface area (Å²) in [6.45, 7) is -0.296. The second-order valence-electron chi connectivity index (χ2n) is 3.30. The van der Waals surface area contributed by atoms with Crippen LogP contribution in [0.5, 0.6) is 0 Å². The third-order valence-corrected chi connectivity index (χ3v) is 1.90. The van der Waals surface area contributed by atoms with Crippen molar-refractivity contribution in [3.05, 3.63) is 12.4 Å². The molecule has 0 bridgehead atoms. The monoisotopic (exact) mass is 238 g/mol. The van der Waals surface area contributed by atoms with E-state index < -0.39 is 11.8 Å². The van der Waals surface area contributed by atoms with E-state index in [0.717, 1.165) is 0 Å². The Labute approximate surface area is 98.0 Å². The molecule has 8 heteroatoms. The van der Waals surface area contributed by atoms with E-state index in [-0.39, 0.29) is 13.1 Å². The molecule has 92 valence electrons. The lowest BCUT2D eigenvalue weighted by molar-refractivity contribution is -0.117. The maximum Gasteiger partial charge on any atom is 0.237 e. The van der Waals surface area contributed by atoms with E-state index in [0.29, 0.717) is 11.6 Å². The Kier molecular flexibility index (Phi) is 4.21. The van der Waals surface area contributed by atoms with Crippen molar-refractivity contribution in [2.24, 2.45) is 11.5 Å². The number of nitrogens with one attached hydrogen (secondary N) is 1. The number of hydrogen-bond donors (Lipinski definition) is 3. The number of amides is 2. The zero-order valence-electron chi connectivity index (χ0n) is 9.38. The van der Waals surface area contributed by atoms with Gasteiger partial charge in [0.05, 0.1) is 25.5 Å². The van der Waals surface area contributed by atoms with Gasteiger partial charge in [-0.3, -0.25) is 14.6 Å².